The summed E-state index contributed by atoms with van der Waals surface area (Å²) in [6.45, 7) is 4.14. The average molecular weight is 432 g/mol. The summed E-state index contributed by atoms with van der Waals surface area (Å²) in [6, 6.07) is 8.33. The van der Waals surface area contributed by atoms with Crippen molar-refractivity contribution in [1.29, 1.82) is 5.26 Å². The number of aromatic nitrogens is 2. The van der Waals surface area contributed by atoms with Gasteiger partial charge in [-0.3, -0.25) is 9.69 Å². The summed E-state index contributed by atoms with van der Waals surface area (Å²) in [7, 11) is 1.39. The number of carbonyl (C=O) groups excluding carboxylic acids is 1. The lowest BCUT2D eigenvalue weighted by atomic mass is 9.77. The molecule has 1 fully saturated rings. The lowest BCUT2D eigenvalue weighted by molar-refractivity contribution is -0.124. The van der Waals surface area contributed by atoms with Crippen molar-refractivity contribution in [2.45, 2.75) is 20.3 Å². The first-order chi connectivity index (χ1) is 13.8. The molecule has 1 aromatic heterocycles. The first kappa shape index (κ1) is 22.9. The van der Waals surface area contributed by atoms with Crippen molar-refractivity contribution in [1.82, 2.24) is 9.97 Å². The number of nitriles is 1. The lowest BCUT2D eigenvalue weighted by Gasteiger charge is -2.24. The van der Waals surface area contributed by atoms with E-state index in [2.05, 4.69) is 21.4 Å². The third-order valence-corrected chi connectivity index (χ3v) is 5.15. The van der Waals surface area contributed by atoms with Gasteiger partial charge in [-0.25, -0.2) is 9.78 Å². The van der Waals surface area contributed by atoms with E-state index < -0.39 is 11.4 Å². The molecule has 0 unspecified atom stereocenters. The normalized spacial score (nSPS) is 18.0. The quantitative estimate of drug-likeness (QED) is 0.713. The molecule has 1 aromatic carbocycles. The van der Waals surface area contributed by atoms with Gasteiger partial charge in [-0.2, -0.15) is 10.2 Å². The van der Waals surface area contributed by atoms with Crippen LogP contribution in [0.5, 0.6) is 5.75 Å². The number of carboxylic acids is 1. The third-order valence-electron chi connectivity index (χ3n) is 5.15. The molecule has 2 aromatic rings. The van der Waals surface area contributed by atoms with Gasteiger partial charge in [-0.1, -0.05) is 13.8 Å². The Hall–Kier alpha value is -3.38. The van der Waals surface area contributed by atoms with Crippen LogP contribution in [0.4, 0.5) is 17.5 Å². The largest absolute Gasteiger partial charge is 0.496 e. The molecule has 30 heavy (non-hydrogen) atoms. The molecule has 0 bridgehead atoms. The maximum atomic E-state index is 12.9. The Morgan fingerprint density at radius 1 is 1.40 bits per heavy atom. The van der Waals surface area contributed by atoms with E-state index in [4.69, 9.17) is 4.74 Å². The number of carboxylic acid groups (broad SMARTS) is 1. The molecule has 3 rings (SSSR count). The summed E-state index contributed by atoms with van der Waals surface area (Å²) in [5.41, 5.74) is -0.472. The highest BCUT2D eigenvalue weighted by Gasteiger charge is 2.50. The fourth-order valence-corrected chi connectivity index (χ4v) is 3.36. The van der Waals surface area contributed by atoms with Gasteiger partial charge in [-0.05, 0) is 30.5 Å². The third kappa shape index (κ3) is 4.00. The zero-order valence-electron chi connectivity index (χ0n) is 16.7. The molecule has 9 nitrogen and oxygen atoms in total. The number of ether oxygens (including phenoxy) is 1. The first-order valence-corrected chi connectivity index (χ1v) is 9.07. The molecule has 0 saturated carbocycles. The summed E-state index contributed by atoms with van der Waals surface area (Å²) in [4.78, 5) is 34.2. The number of benzene rings is 1. The number of halogens is 1. The van der Waals surface area contributed by atoms with Gasteiger partial charge >= 0.3 is 5.97 Å². The maximum absolute atomic E-state index is 12.9. The van der Waals surface area contributed by atoms with Gasteiger partial charge in [0.1, 0.15) is 22.5 Å². The van der Waals surface area contributed by atoms with Crippen LogP contribution in [0, 0.1) is 22.7 Å². The van der Waals surface area contributed by atoms with Crippen molar-refractivity contribution in [2.24, 2.45) is 11.3 Å². The topological polar surface area (TPSA) is 128 Å². The maximum Gasteiger partial charge on any atom is 0.339 e. The lowest BCUT2D eigenvalue weighted by Crippen LogP contribution is -2.37. The van der Waals surface area contributed by atoms with Gasteiger partial charge in [0.05, 0.1) is 13.2 Å². The predicted molar refractivity (Wildman–Crippen MR) is 112 cm³/mol. The molecule has 1 aliphatic heterocycles. The van der Waals surface area contributed by atoms with Gasteiger partial charge in [0, 0.05) is 24.5 Å². The Bertz CT molecular complexity index is 1010. The number of hydrogen-bond acceptors (Lipinski definition) is 7. The molecular weight excluding hydrogens is 410 g/mol. The van der Waals surface area contributed by atoms with E-state index in [0.29, 0.717) is 24.5 Å². The number of nitrogens with zero attached hydrogens (tertiary/aromatic N) is 4. The van der Waals surface area contributed by atoms with Gasteiger partial charge in [0.2, 0.25) is 11.9 Å². The van der Waals surface area contributed by atoms with Crippen LogP contribution in [0.3, 0.4) is 0 Å². The summed E-state index contributed by atoms with van der Waals surface area (Å²) < 4.78 is 5.12. The smallest absolute Gasteiger partial charge is 0.339 e. The van der Waals surface area contributed by atoms with Crippen LogP contribution in [-0.2, 0) is 4.79 Å². The molecule has 1 aliphatic rings. The van der Waals surface area contributed by atoms with Crippen molar-refractivity contribution in [3.05, 3.63) is 36.0 Å². The SMILES string of the molecule is COc1cc(Nc2nccc(N3CC[C@@](C#N)(C(C)C)C3=O)n2)ccc1C(=O)O.Cl. The minimum absolute atomic E-state index is 0. The Kier molecular flexibility index (Phi) is 6.84. The van der Waals surface area contributed by atoms with Crippen LogP contribution in [0.15, 0.2) is 30.5 Å². The molecule has 2 N–H and O–H groups in total. The number of methoxy groups -OCH3 is 1. The van der Waals surface area contributed by atoms with Crippen molar-refractivity contribution >= 4 is 41.7 Å². The second-order valence-corrected chi connectivity index (χ2v) is 7.03. The molecule has 1 saturated heterocycles. The van der Waals surface area contributed by atoms with E-state index in [-0.39, 0.29) is 41.5 Å². The highest BCUT2D eigenvalue weighted by Crippen LogP contribution is 2.40. The number of nitrogens with one attached hydrogen (secondary N) is 1. The Balaban J connectivity index is 0.00000320. The van der Waals surface area contributed by atoms with Crippen LogP contribution in [0.1, 0.15) is 30.6 Å². The standard InChI is InChI=1S/C20H21N5O4.ClH/c1-12(2)20(11-21)7-9-25(18(20)28)16-6-8-22-19(24-16)23-13-4-5-14(17(26)27)15(10-13)29-3;/h4-6,8,10,12H,7,9H2,1-3H3,(H,26,27)(H,22,23,24);1H/t20-;/m1./s1. The minimum Gasteiger partial charge on any atom is -0.496 e. The van der Waals surface area contributed by atoms with Crippen LogP contribution < -0.4 is 15.0 Å². The second-order valence-electron chi connectivity index (χ2n) is 7.03. The number of aromatic carboxylic acids is 1. The molecule has 0 aliphatic carbocycles. The van der Waals surface area contributed by atoms with Crippen molar-refractivity contribution in [3.8, 4) is 11.8 Å². The first-order valence-electron chi connectivity index (χ1n) is 9.07. The Labute approximate surface area is 180 Å². The zero-order valence-corrected chi connectivity index (χ0v) is 17.6. The summed E-state index contributed by atoms with van der Waals surface area (Å²) in [5, 5.41) is 21.7. The zero-order chi connectivity index (χ0) is 21.2. The van der Waals surface area contributed by atoms with E-state index in [1.54, 1.807) is 12.1 Å². The molecule has 2 heterocycles. The number of anilines is 3. The Morgan fingerprint density at radius 3 is 2.70 bits per heavy atom. The Morgan fingerprint density at radius 2 is 2.13 bits per heavy atom. The summed E-state index contributed by atoms with van der Waals surface area (Å²) >= 11 is 0. The monoisotopic (exact) mass is 431 g/mol. The fourth-order valence-electron chi connectivity index (χ4n) is 3.36. The molecule has 1 atom stereocenters. The van der Waals surface area contributed by atoms with Crippen LogP contribution >= 0.6 is 12.4 Å². The van der Waals surface area contributed by atoms with Crippen molar-refractivity contribution in [3.63, 3.8) is 0 Å². The van der Waals surface area contributed by atoms with Gasteiger partial charge < -0.3 is 15.2 Å². The van der Waals surface area contributed by atoms with Crippen molar-refractivity contribution in [2.75, 3.05) is 23.9 Å². The average Bonchev–Trinajstić information content (AvgIpc) is 3.05. The number of carbonyl (C=O) groups is 2. The van der Waals surface area contributed by atoms with Gasteiger partial charge in [0.25, 0.3) is 0 Å². The predicted octanol–water partition coefficient (Wildman–Crippen LogP) is 3.25. The minimum atomic E-state index is -1.09. The molecule has 158 valence electrons. The van der Waals surface area contributed by atoms with Crippen LogP contribution in [0.2, 0.25) is 0 Å². The summed E-state index contributed by atoms with van der Waals surface area (Å²) in [5.74, 6) is -0.620. The van der Waals surface area contributed by atoms with Gasteiger partial charge in [0.15, 0.2) is 0 Å². The fraction of sp³-hybridized carbons (Fsp3) is 0.350. The number of hydrogen-bond donors (Lipinski definition) is 2. The number of amides is 1. The highest BCUT2D eigenvalue weighted by atomic mass is 35.5. The van der Waals surface area contributed by atoms with Crippen LogP contribution in [0.25, 0.3) is 0 Å². The summed E-state index contributed by atoms with van der Waals surface area (Å²) in [6.07, 6.45) is 1.96. The van der Waals surface area contributed by atoms with E-state index >= 15 is 0 Å². The number of rotatable bonds is 6. The van der Waals surface area contributed by atoms with E-state index in [9.17, 15) is 20.0 Å². The highest BCUT2D eigenvalue weighted by molar-refractivity contribution is 6.01. The molecule has 10 heteroatoms. The second kappa shape index (κ2) is 8.97. The van der Waals surface area contributed by atoms with E-state index in [1.165, 1.54) is 30.3 Å². The van der Waals surface area contributed by atoms with E-state index in [1.807, 2.05) is 13.8 Å². The molecule has 1 amide bonds. The van der Waals surface area contributed by atoms with Crippen LogP contribution in [-0.4, -0.2) is 40.6 Å². The molecular formula is C20H22ClN5O4. The van der Waals surface area contributed by atoms with E-state index in [0.717, 1.165) is 0 Å². The molecule has 0 radical (unpaired) electrons. The molecule has 0 spiro atoms. The van der Waals surface area contributed by atoms with Crippen molar-refractivity contribution < 1.29 is 19.4 Å². The van der Waals surface area contributed by atoms with Gasteiger partial charge in [-0.15, -0.1) is 12.4 Å².